The van der Waals surface area contributed by atoms with Crippen molar-refractivity contribution in [2.24, 2.45) is 0 Å². The molecule has 1 aromatic carbocycles. The summed E-state index contributed by atoms with van der Waals surface area (Å²) in [4.78, 5) is 20.0. The summed E-state index contributed by atoms with van der Waals surface area (Å²) in [7, 11) is 0. The Hall–Kier alpha value is -3.70. The first-order valence-electron chi connectivity index (χ1n) is 10.5. The standard InChI is InChI=1S/C21H19ClN6.C2HF3O2/c22-20-11-16(5-6-24-20)19-13-26-28-14-17(12-25-21(19)28)15-1-3-18(4-2-15)27-9-7-23-8-10-27;3-2(4,5)1(6)7/h1-6,11-14,23H,7-10H2;(H,6,7). The van der Waals surface area contributed by atoms with Gasteiger partial charge >= 0.3 is 12.1 Å². The van der Waals surface area contributed by atoms with Gasteiger partial charge < -0.3 is 15.3 Å². The molecule has 0 unspecified atom stereocenters. The summed E-state index contributed by atoms with van der Waals surface area (Å²) in [5.74, 6) is -2.76. The molecule has 2 N–H and O–H groups in total. The van der Waals surface area contributed by atoms with Crippen molar-refractivity contribution in [2.75, 3.05) is 31.1 Å². The molecule has 0 saturated carbocycles. The fourth-order valence-electron chi connectivity index (χ4n) is 3.59. The lowest BCUT2D eigenvalue weighted by Crippen LogP contribution is -2.43. The van der Waals surface area contributed by atoms with Crippen LogP contribution in [-0.4, -0.2) is 63.0 Å². The van der Waals surface area contributed by atoms with E-state index in [1.807, 2.05) is 35.2 Å². The lowest BCUT2D eigenvalue weighted by Gasteiger charge is -2.29. The second-order valence-electron chi connectivity index (χ2n) is 7.62. The molecule has 0 amide bonds. The van der Waals surface area contributed by atoms with Crippen LogP contribution in [0.2, 0.25) is 5.15 Å². The highest BCUT2D eigenvalue weighted by Gasteiger charge is 2.38. The molecule has 3 aromatic heterocycles. The number of anilines is 1. The van der Waals surface area contributed by atoms with E-state index >= 15 is 0 Å². The number of rotatable bonds is 3. The minimum absolute atomic E-state index is 0.457. The Balaban J connectivity index is 0.000000364. The van der Waals surface area contributed by atoms with E-state index in [0.717, 1.165) is 54.1 Å². The first-order valence-corrected chi connectivity index (χ1v) is 10.9. The summed E-state index contributed by atoms with van der Waals surface area (Å²) in [5, 5.41) is 15.4. The van der Waals surface area contributed by atoms with Crippen molar-refractivity contribution in [3.63, 3.8) is 0 Å². The Kier molecular flexibility index (Phi) is 7.17. The summed E-state index contributed by atoms with van der Waals surface area (Å²) < 4.78 is 33.5. The van der Waals surface area contributed by atoms with Crippen LogP contribution in [0.1, 0.15) is 0 Å². The molecule has 182 valence electrons. The molecule has 35 heavy (non-hydrogen) atoms. The maximum Gasteiger partial charge on any atom is 0.490 e. The second-order valence-corrected chi connectivity index (χ2v) is 8.01. The molecule has 4 aromatic rings. The van der Waals surface area contributed by atoms with Gasteiger partial charge in [0.05, 0.1) is 6.20 Å². The molecule has 0 bridgehead atoms. The maximum absolute atomic E-state index is 10.6. The predicted molar refractivity (Wildman–Crippen MR) is 125 cm³/mol. The van der Waals surface area contributed by atoms with Crippen molar-refractivity contribution in [3.8, 4) is 22.3 Å². The molecule has 0 aliphatic carbocycles. The molecule has 0 radical (unpaired) electrons. The van der Waals surface area contributed by atoms with Gasteiger partial charge in [0.2, 0.25) is 0 Å². The number of halogens is 4. The molecule has 0 atom stereocenters. The number of fused-ring (bicyclic) bond motifs is 1. The second kappa shape index (κ2) is 10.3. The molecule has 8 nitrogen and oxygen atoms in total. The highest BCUT2D eigenvalue weighted by molar-refractivity contribution is 6.29. The smallest absolute Gasteiger partial charge is 0.475 e. The van der Waals surface area contributed by atoms with Gasteiger partial charge in [-0.25, -0.2) is 19.3 Å². The molecule has 12 heteroatoms. The van der Waals surface area contributed by atoms with Crippen molar-refractivity contribution in [2.45, 2.75) is 6.18 Å². The van der Waals surface area contributed by atoms with Crippen LogP contribution >= 0.6 is 11.6 Å². The van der Waals surface area contributed by atoms with Crippen LogP contribution in [-0.2, 0) is 4.79 Å². The van der Waals surface area contributed by atoms with Gasteiger partial charge in [-0.3, -0.25) is 0 Å². The Morgan fingerprint density at radius 3 is 2.31 bits per heavy atom. The quantitative estimate of drug-likeness (QED) is 0.405. The summed E-state index contributed by atoms with van der Waals surface area (Å²) in [6, 6.07) is 12.4. The van der Waals surface area contributed by atoms with Gasteiger partial charge in [-0.15, -0.1) is 0 Å². The van der Waals surface area contributed by atoms with Crippen molar-refractivity contribution in [1.82, 2.24) is 24.9 Å². The van der Waals surface area contributed by atoms with Crippen LogP contribution < -0.4 is 10.2 Å². The average molecular weight is 505 g/mol. The van der Waals surface area contributed by atoms with E-state index in [4.69, 9.17) is 21.5 Å². The number of benzene rings is 1. The number of piperazine rings is 1. The molecule has 5 rings (SSSR count). The van der Waals surface area contributed by atoms with Crippen molar-refractivity contribution in [1.29, 1.82) is 0 Å². The van der Waals surface area contributed by atoms with E-state index in [9.17, 15) is 13.2 Å². The molecular weight excluding hydrogens is 485 g/mol. The van der Waals surface area contributed by atoms with Crippen LogP contribution in [0.5, 0.6) is 0 Å². The number of nitrogens with zero attached hydrogens (tertiary/aromatic N) is 5. The molecule has 1 fully saturated rings. The van der Waals surface area contributed by atoms with Crippen LogP contribution in [0.15, 0.2) is 61.2 Å². The lowest BCUT2D eigenvalue weighted by atomic mass is 10.1. The van der Waals surface area contributed by atoms with Crippen LogP contribution in [0.4, 0.5) is 18.9 Å². The molecular formula is C23H20ClF3N6O2. The van der Waals surface area contributed by atoms with Gasteiger partial charge in [0.15, 0.2) is 5.65 Å². The Bertz CT molecular complexity index is 1320. The summed E-state index contributed by atoms with van der Waals surface area (Å²) in [5.41, 5.74) is 6.10. The lowest BCUT2D eigenvalue weighted by molar-refractivity contribution is -0.192. The molecule has 0 spiro atoms. The number of hydrogen-bond acceptors (Lipinski definition) is 6. The summed E-state index contributed by atoms with van der Waals surface area (Å²) >= 11 is 6.02. The van der Waals surface area contributed by atoms with Crippen LogP contribution in [0.25, 0.3) is 27.9 Å². The fourth-order valence-corrected chi connectivity index (χ4v) is 3.76. The highest BCUT2D eigenvalue weighted by atomic mass is 35.5. The minimum Gasteiger partial charge on any atom is -0.475 e. The summed E-state index contributed by atoms with van der Waals surface area (Å²) in [6.45, 7) is 4.16. The molecule has 4 heterocycles. The van der Waals surface area contributed by atoms with E-state index in [2.05, 4.69) is 49.5 Å². The third-order valence-electron chi connectivity index (χ3n) is 5.32. The number of carboxylic acids is 1. The monoisotopic (exact) mass is 504 g/mol. The Morgan fingerprint density at radius 1 is 1.00 bits per heavy atom. The van der Waals surface area contributed by atoms with E-state index < -0.39 is 12.1 Å². The highest BCUT2D eigenvalue weighted by Crippen LogP contribution is 2.27. The van der Waals surface area contributed by atoms with E-state index in [-0.39, 0.29) is 0 Å². The topological polar surface area (TPSA) is 95.7 Å². The largest absolute Gasteiger partial charge is 0.490 e. The van der Waals surface area contributed by atoms with Gasteiger partial charge in [-0.2, -0.15) is 18.3 Å². The number of nitrogens with one attached hydrogen (secondary N) is 1. The van der Waals surface area contributed by atoms with Crippen LogP contribution in [0, 0.1) is 0 Å². The Morgan fingerprint density at radius 2 is 1.69 bits per heavy atom. The minimum atomic E-state index is -5.08. The van der Waals surface area contributed by atoms with Gasteiger partial charge in [0.25, 0.3) is 0 Å². The van der Waals surface area contributed by atoms with Gasteiger partial charge in [-0.05, 0) is 35.4 Å². The summed E-state index contributed by atoms with van der Waals surface area (Å²) in [6.07, 6.45) is 2.32. The first-order chi connectivity index (χ1) is 16.7. The van der Waals surface area contributed by atoms with E-state index in [1.165, 1.54) is 5.69 Å². The average Bonchev–Trinajstić information content (AvgIpc) is 3.28. The van der Waals surface area contributed by atoms with Crippen LogP contribution in [0.3, 0.4) is 0 Å². The number of hydrogen-bond donors (Lipinski definition) is 2. The predicted octanol–water partition coefficient (Wildman–Crippen LogP) is 4.15. The van der Waals surface area contributed by atoms with Crippen molar-refractivity contribution < 1.29 is 23.1 Å². The number of pyridine rings is 1. The third-order valence-corrected chi connectivity index (χ3v) is 5.53. The zero-order valence-corrected chi connectivity index (χ0v) is 19.0. The number of aliphatic carboxylic acids is 1. The Labute approximate surface area is 203 Å². The first kappa shape index (κ1) is 24.4. The van der Waals surface area contributed by atoms with Crippen molar-refractivity contribution >= 4 is 28.9 Å². The molecule has 1 aliphatic rings. The third kappa shape index (κ3) is 5.87. The van der Waals surface area contributed by atoms with E-state index in [1.54, 1.807) is 6.20 Å². The molecule has 1 aliphatic heterocycles. The van der Waals surface area contributed by atoms with Crippen molar-refractivity contribution in [3.05, 3.63) is 66.3 Å². The normalized spacial score (nSPS) is 13.9. The van der Waals surface area contributed by atoms with Gasteiger partial charge in [0, 0.05) is 61.6 Å². The SMILES string of the molecule is Clc1cc(-c2cnn3cc(-c4ccc(N5CCNCC5)cc4)cnc23)ccn1.O=C(O)C(F)(F)F. The number of aromatic nitrogens is 4. The maximum atomic E-state index is 10.6. The number of alkyl halides is 3. The van der Waals surface area contributed by atoms with Gasteiger partial charge in [-0.1, -0.05) is 23.7 Å². The van der Waals surface area contributed by atoms with E-state index in [0.29, 0.717) is 5.15 Å². The van der Waals surface area contributed by atoms with Gasteiger partial charge in [0.1, 0.15) is 5.15 Å². The number of carbonyl (C=O) groups is 1. The number of carboxylic acid groups (broad SMARTS) is 1. The zero-order chi connectivity index (χ0) is 25.0. The zero-order valence-electron chi connectivity index (χ0n) is 18.2. The fraction of sp³-hybridized carbons (Fsp3) is 0.217. The molecule has 1 saturated heterocycles.